The van der Waals surface area contributed by atoms with Crippen LogP contribution in [-0.4, -0.2) is 37.7 Å². The first kappa shape index (κ1) is 24.1. The van der Waals surface area contributed by atoms with Crippen molar-refractivity contribution < 1.29 is 14.3 Å². The molecule has 6 nitrogen and oxygen atoms in total. The normalized spacial score (nSPS) is 9.65. The van der Waals surface area contributed by atoms with E-state index in [0.717, 1.165) is 11.3 Å². The number of halogens is 2. The summed E-state index contributed by atoms with van der Waals surface area (Å²) in [6.07, 6.45) is 1.57. The van der Waals surface area contributed by atoms with Gasteiger partial charge in [-0.05, 0) is 43.2 Å². The molecule has 144 valence electrons. The third-order valence-corrected chi connectivity index (χ3v) is 3.49. The maximum absolute atomic E-state index is 11.7. The summed E-state index contributed by atoms with van der Waals surface area (Å²) >= 11 is 0. The number of carbonyl (C=O) groups is 1. The molecule has 1 heterocycles. The zero-order chi connectivity index (χ0) is 17.4. The van der Waals surface area contributed by atoms with Gasteiger partial charge in [0.25, 0.3) is 0 Å². The fourth-order valence-electron chi connectivity index (χ4n) is 1.99. The predicted octanol–water partition coefficient (Wildman–Crippen LogP) is 3.51. The van der Waals surface area contributed by atoms with Crippen LogP contribution in [0.3, 0.4) is 0 Å². The molecule has 8 heteroatoms. The third kappa shape index (κ3) is 8.01. The Kier molecular flexibility index (Phi) is 11.6. The van der Waals surface area contributed by atoms with Crippen LogP contribution in [0.15, 0.2) is 36.5 Å². The van der Waals surface area contributed by atoms with Gasteiger partial charge in [0.15, 0.2) is 0 Å². The van der Waals surface area contributed by atoms with E-state index >= 15 is 0 Å². The molecule has 0 unspecified atom stereocenters. The first-order valence-corrected chi connectivity index (χ1v) is 7.79. The molecule has 26 heavy (non-hydrogen) atoms. The number of amides is 1. The second-order valence-corrected chi connectivity index (χ2v) is 5.45. The van der Waals surface area contributed by atoms with Crippen LogP contribution in [0.2, 0.25) is 0 Å². The molecule has 0 aliphatic heterocycles. The molecule has 0 saturated heterocycles. The largest absolute Gasteiger partial charge is 0.439 e. The molecule has 0 radical (unpaired) electrons. The lowest BCUT2D eigenvalue weighted by molar-refractivity contribution is -0.115. The quantitative estimate of drug-likeness (QED) is 0.662. The lowest BCUT2D eigenvalue weighted by Gasteiger charge is -2.09. The van der Waals surface area contributed by atoms with Gasteiger partial charge in [-0.25, -0.2) is 4.98 Å². The van der Waals surface area contributed by atoms with Crippen molar-refractivity contribution in [2.24, 2.45) is 0 Å². The molecule has 0 saturated carbocycles. The molecule has 0 spiro atoms. The van der Waals surface area contributed by atoms with Crippen molar-refractivity contribution in [1.29, 1.82) is 0 Å². The van der Waals surface area contributed by atoms with Crippen molar-refractivity contribution in [2.75, 3.05) is 32.1 Å². The smallest absolute Gasteiger partial charge is 0.238 e. The molecule has 1 amide bonds. The fourth-order valence-corrected chi connectivity index (χ4v) is 1.99. The van der Waals surface area contributed by atoms with Crippen molar-refractivity contribution in [3.8, 4) is 11.6 Å². The molecule has 2 rings (SSSR count). The minimum absolute atomic E-state index is 0. The Balaban J connectivity index is 0.00000312. The molecular formula is C18H25Cl2N3O3. The van der Waals surface area contributed by atoms with Gasteiger partial charge in [-0.1, -0.05) is 6.07 Å². The number of hydrogen-bond donors (Lipinski definition) is 2. The van der Waals surface area contributed by atoms with E-state index < -0.39 is 0 Å². The number of ether oxygens (including phenoxy) is 2. The van der Waals surface area contributed by atoms with Crippen molar-refractivity contribution in [1.82, 2.24) is 10.3 Å². The Morgan fingerprint density at radius 1 is 1.12 bits per heavy atom. The number of aromatic nitrogens is 1. The first-order chi connectivity index (χ1) is 11.6. The van der Waals surface area contributed by atoms with Crippen molar-refractivity contribution in [3.05, 3.63) is 47.7 Å². The molecule has 0 fully saturated rings. The zero-order valence-corrected chi connectivity index (χ0v) is 16.7. The molecule has 0 atom stereocenters. The van der Waals surface area contributed by atoms with E-state index in [0.29, 0.717) is 24.7 Å². The second-order valence-electron chi connectivity index (χ2n) is 5.45. The maximum atomic E-state index is 11.7. The van der Waals surface area contributed by atoms with Crippen LogP contribution in [-0.2, 0) is 9.53 Å². The lowest BCUT2D eigenvalue weighted by Crippen LogP contribution is -2.30. The summed E-state index contributed by atoms with van der Waals surface area (Å²) in [5.41, 5.74) is 3.01. The molecule has 0 aliphatic rings. The number of carbonyl (C=O) groups excluding carboxylic acids is 1. The Morgan fingerprint density at radius 2 is 1.88 bits per heavy atom. The number of aryl methyl sites for hydroxylation is 2. The van der Waals surface area contributed by atoms with Crippen molar-refractivity contribution >= 4 is 36.4 Å². The Hall–Kier alpha value is -1.86. The summed E-state index contributed by atoms with van der Waals surface area (Å²) in [4.78, 5) is 16.0. The van der Waals surface area contributed by atoms with E-state index in [4.69, 9.17) is 9.47 Å². The van der Waals surface area contributed by atoms with Gasteiger partial charge in [0, 0.05) is 19.7 Å². The zero-order valence-electron chi connectivity index (χ0n) is 15.1. The maximum Gasteiger partial charge on any atom is 0.238 e. The lowest BCUT2D eigenvalue weighted by atomic mass is 10.1. The number of nitrogens with one attached hydrogen (secondary N) is 2. The van der Waals surface area contributed by atoms with Crippen molar-refractivity contribution in [3.63, 3.8) is 0 Å². The number of rotatable bonds is 8. The minimum atomic E-state index is -0.129. The second kappa shape index (κ2) is 12.5. The number of anilines is 1. The third-order valence-electron chi connectivity index (χ3n) is 3.49. The van der Waals surface area contributed by atoms with Crippen LogP contribution in [0, 0.1) is 13.8 Å². The average molecular weight is 402 g/mol. The summed E-state index contributed by atoms with van der Waals surface area (Å²) in [5, 5.41) is 5.74. The first-order valence-electron chi connectivity index (χ1n) is 7.79. The van der Waals surface area contributed by atoms with Crippen molar-refractivity contribution in [2.45, 2.75) is 13.8 Å². The minimum Gasteiger partial charge on any atom is -0.439 e. The summed E-state index contributed by atoms with van der Waals surface area (Å²) < 4.78 is 10.6. The van der Waals surface area contributed by atoms with Gasteiger partial charge < -0.3 is 20.1 Å². The highest BCUT2D eigenvalue weighted by atomic mass is 35.5. The van der Waals surface area contributed by atoms with E-state index in [9.17, 15) is 4.79 Å². The topological polar surface area (TPSA) is 72.5 Å². The van der Waals surface area contributed by atoms with E-state index in [-0.39, 0.29) is 37.3 Å². The van der Waals surface area contributed by atoms with Gasteiger partial charge in [-0.15, -0.1) is 24.8 Å². The molecule has 2 aromatic rings. The van der Waals surface area contributed by atoms with E-state index in [1.807, 2.05) is 25.1 Å². The Labute approximate surface area is 166 Å². The number of nitrogens with zero attached hydrogens (tertiary/aromatic N) is 1. The summed E-state index contributed by atoms with van der Waals surface area (Å²) in [7, 11) is 1.62. The van der Waals surface area contributed by atoms with Crippen LogP contribution in [0.25, 0.3) is 0 Å². The molecular weight excluding hydrogens is 377 g/mol. The van der Waals surface area contributed by atoms with E-state index in [1.54, 1.807) is 25.4 Å². The highest BCUT2D eigenvalue weighted by Crippen LogP contribution is 2.22. The van der Waals surface area contributed by atoms with Crippen LogP contribution in [0.5, 0.6) is 11.6 Å². The van der Waals surface area contributed by atoms with Gasteiger partial charge in [0.2, 0.25) is 11.8 Å². The van der Waals surface area contributed by atoms with Crippen LogP contribution in [0.4, 0.5) is 5.69 Å². The molecule has 1 aromatic heterocycles. The van der Waals surface area contributed by atoms with Crippen LogP contribution < -0.4 is 15.4 Å². The monoisotopic (exact) mass is 401 g/mol. The molecule has 2 N–H and O–H groups in total. The standard InChI is InChI=1S/C18H23N3O3.2ClH/c1-13-4-6-16(10-14(13)2)24-18-7-5-15(11-20-18)21-17(22)12-19-8-9-23-3;;/h4-7,10-11,19H,8-9,12H2,1-3H3,(H,21,22);2*1H. The van der Waals surface area contributed by atoms with E-state index in [2.05, 4.69) is 22.5 Å². The Bertz CT molecular complexity index is 682. The van der Waals surface area contributed by atoms with Gasteiger partial charge in [0.05, 0.1) is 25.0 Å². The van der Waals surface area contributed by atoms with Crippen LogP contribution >= 0.6 is 24.8 Å². The highest BCUT2D eigenvalue weighted by molar-refractivity contribution is 5.92. The predicted molar refractivity (Wildman–Crippen MR) is 108 cm³/mol. The van der Waals surface area contributed by atoms with Gasteiger partial charge >= 0.3 is 0 Å². The highest BCUT2D eigenvalue weighted by Gasteiger charge is 2.04. The number of methoxy groups -OCH3 is 1. The summed E-state index contributed by atoms with van der Waals surface area (Å²) in [6, 6.07) is 9.37. The van der Waals surface area contributed by atoms with Gasteiger partial charge in [-0.3, -0.25) is 4.79 Å². The summed E-state index contributed by atoms with van der Waals surface area (Å²) in [5.74, 6) is 1.09. The SMILES string of the molecule is COCCNCC(=O)Nc1ccc(Oc2ccc(C)c(C)c2)nc1.Cl.Cl. The summed E-state index contributed by atoms with van der Waals surface area (Å²) in [6.45, 7) is 5.52. The molecule has 0 bridgehead atoms. The number of pyridine rings is 1. The molecule has 1 aromatic carbocycles. The van der Waals surface area contributed by atoms with Gasteiger partial charge in [-0.2, -0.15) is 0 Å². The molecule has 0 aliphatic carbocycles. The number of benzene rings is 1. The number of hydrogen-bond acceptors (Lipinski definition) is 5. The fraction of sp³-hybridized carbons (Fsp3) is 0.333. The van der Waals surface area contributed by atoms with E-state index in [1.165, 1.54) is 5.56 Å². The Morgan fingerprint density at radius 3 is 2.50 bits per heavy atom. The van der Waals surface area contributed by atoms with Crippen LogP contribution in [0.1, 0.15) is 11.1 Å². The van der Waals surface area contributed by atoms with Gasteiger partial charge in [0.1, 0.15) is 5.75 Å². The average Bonchev–Trinajstić information content (AvgIpc) is 2.57.